The number of halogens is 1. The normalized spacial score (nSPS) is 15.4. The minimum Gasteiger partial charge on any atom is -0.393 e. The third-order valence-corrected chi connectivity index (χ3v) is 4.65. The van der Waals surface area contributed by atoms with Gasteiger partial charge in [0.1, 0.15) is 11.5 Å². The van der Waals surface area contributed by atoms with Gasteiger partial charge in [0.25, 0.3) is 5.91 Å². The molecule has 0 atom stereocenters. The van der Waals surface area contributed by atoms with Gasteiger partial charge in [0.05, 0.1) is 11.8 Å². The largest absolute Gasteiger partial charge is 0.393 e. The Morgan fingerprint density at radius 3 is 2.64 bits per heavy atom. The van der Waals surface area contributed by atoms with Gasteiger partial charge < -0.3 is 20.3 Å². The molecule has 5 nitrogen and oxygen atoms in total. The molecule has 1 amide bonds. The Morgan fingerprint density at radius 1 is 1.32 bits per heavy atom. The fourth-order valence-electron chi connectivity index (χ4n) is 3.26. The molecule has 0 spiro atoms. The molecule has 1 fully saturated rings. The highest BCUT2D eigenvalue weighted by Gasteiger charge is 2.20. The van der Waals surface area contributed by atoms with Crippen molar-refractivity contribution in [3.63, 3.8) is 0 Å². The first kappa shape index (κ1) is 17.5. The van der Waals surface area contributed by atoms with E-state index >= 15 is 0 Å². The number of H-pyrrole nitrogens is 1. The Kier molecular flexibility index (Phi) is 5.08. The minimum atomic E-state index is -0.296. The molecule has 0 bridgehead atoms. The van der Waals surface area contributed by atoms with Gasteiger partial charge >= 0.3 is 0 Å². The number of hydrogen-bond acceptors (Lipinski definition) is 3. The first-order chi connectivity index (χ1) is 11.9. The maximum Gasteiger partial charge on any atom is 0.268 e. The number of rotatable bonds is 4. The zero-order chi connectivity index (χ0) is 18.0. The number of amides is 1. The predicted octanol–water partition coefficient (Wildman–Crippen LogP) is 2.66. The minimum absolute atomic E-state index is 0.194. The van der Waals surface area contributed by atoms with E-state index in [1.165, 1.54) is 6.07 Å². The van der Waals surface area contributed by atoms with E-state index < -0.39 is 0 Å². The molecular weight excluding hydrogens is 321 g/mol. The van der Waals surface area contributed by atoms with E-state index in [4.69, 9.17) is 0 Å². The van der Waals surface area contributed by atoms with E-state index in [1.807, 2.05) is 30.9 Å². The number of nitrogens with zero attached hydrogens (tertiary/aromatic N) is 1. The van der Waals surface area contributed by atoms with Gasteiger partial charge in [-0.15, -0.1) is 0 Å². The zero-order valence-electron chi connectivity index (χ0n) is 14.6. The van der Waals surface area contributed by atoms with Gasteiger partial charge in [-0.3, -0.25) is 4.79 Å². The lowest BCUT2D eigenvalue weighted by Crippen LogP contribution is -2.36. The molecule has 1 aliphatic heterocycles. The average Bonchev–Trinajstić information content (AvgIpc) is 2.92. The molecule has 1 aromatic carbocycles. The molecule has 3 N–H and O–H groups in total. The summed E-state index contributed by atoms with van der Waals surface area (Å²) in [5.74, 6) is -0.491. The highest BCUT2D eigenvalue weighted by molar-refractivity contribution is 5.93. The summed E-state index contributed by atoms with van der Waals surface area (Å²) in [6.07, 6.45) is 1.03. The van der Waals surface area contributed by atoms with E-state index in [0.29, 0.717) is 42.9 Å². The summed E-state index contributed by atoms with van der Waals surface area (Å²) in [7, 11) is 0. The van der Waals surface area contributed by atoms with E-state index in [-0.39, 0.29) is 24.4 Å². The monoisotopic (exact) mass is 345 g/mol. The highest BCUT2D eigenvalue weighted by atomic mass is 19.1. The van der Waals surface area contributed by atoms with Crippen LogP contribution < -0.4 is 10.2 Å². The lowest BCUT2D eigenvalue weighted by molar-refractivity contribution is 0.0945. The number of aromatic nitrogens is 1. The predicted molar refractivity (Wildman–Crippen MR) is 95.3 cm³/mol. The van der Waals surface area contributed by atoms with Crippen LogP contribution in [0, 0.1) is 19.7 Å². The Balaban J connectivity index is 1.63. The molecule has 0 aliphatic carbocycles. The number of carbonyl (C=O) groups is 1. The average molecular weight is 345 g/mol. The summed E-state index contributed by atoms with van der Waals surface area (Å²) >= 11 is 0. The Morgan fingerprint density at radius 2 is 2.04 bits per heavy atom. The Bertz CT molecular complexity index is 764. The van der Waals surface area contributed by atoms with Crippen molar-refractivity contribution in [2.24, 2.45) is 0 Å². The molecule has 3 rings (SSSR count). The SMILES string of the molecule is Cc1cc(C)c(C(=O)NCc2ccc(N3CCC(O)CC3)c(F)c2)[nH]1. The lowest BCUT2D eigenvalue weighted by atomic mass is 10.1. The fourth-order valence-corrected chi connectivity index (χ4v) is 3.26. The molecular formula is C19H24FN3O2. The van der Waals surface area contributed by atoms with Crippen LogP contribution in [0.3, 0.4) is 0 Å². The topological polar surface area (TPSA) is 68.4 Å². The van der Waals surface area contributed by atoms with Crippen LogP contribution in [0.1, 0.15) is 40.2 Å². The number of nitrogens with one attached hydrogen (secondary N) is 2. The van der Waals surface area contributed by atoms with Crippen LogP contribution in [0.25, 0.3) is 0 Å². The number of aliphatic hydroxyl groups excluding tert-OH is 1. The standard InChI is InChI=1S/C19H24FN3O2/c1-12-9-13(2)22-18(12)19(25)21-11-14-3-4-17(16(20)10-14)23-7-5-15(24)6-8-23/h3-4,9-10,15,22,24H,5-8,11H2,1-2H3,(H,21,25). The molecule has 2 heterocycles. The number of piperidine rings is 1. The molecule has 25 heavy (non-hydrogen) atoms. The second-order valence-electron chi connectivity index (χ2n) is 6.70. The van der Waals surface area contributed by atoms with Crippen molar-refractivity contribution < 1.29 is 14.3 Å². The van der Waals surface area contributed by atoms with Crippen molar-refractivity contribution in [2.45, 2.75) is 39.3 Å². The van der Waals surface area contributed by atoms with Gasteiger partial charge in [0.15, 0.2) is 0 Å². The van der Waals surface area contributed by atoms with Crippen LogP contribution in [0.5, 0.6) is 0 Å². The maximum absolute atomic E-state index is 14.4. The smallest absolute Gasteiger partial charge is 0.268 e. The number of aromatic amines is 1. The second-order valence-corrected chi connectivity index (χ2v) is 6.70. The van der Waals surface area contributed by atoms with Gasteiger partial charge in [0.2, 0.25) is 0 Å². The van der Waals surface area contributed by atoms with Crippen LogP contribution in [-0.4, -0.2) is 35.2 Å². The van der Waals surface area contributed by atoms with E-state index in [0.717, 1.165) is 11.3 Å². The van der Waals surface area contributed by atoms with E-state index in [1.54, 1.807) is 6.07 Å². The summed E-state index contributed by atoms with van der Waals surface area (Å²) < 4.78 is 14.4. The number of aliphatic hydroxyl groups is 1. The fraction of sp³-hybridized carbons (Fsp3) is 0.421. The summed E-state index contributed by atoms with van der Waals surface area (Å²) in [6, 6.07) is 6.96. The molecule has 1 aromatic heterocycles. The molecule has 1 aliphatic rings. The third-order valence-electron chi connectivity index (χ3n) is 4.65. The number of hydrogen-bond donors (Lipinski definition) is 3. The summed E-state index contributed by atoms with van der Waals surface area (Å²) in [6.45, 7) is 5.35. The molecule has 1 saturated heterocycles. The van der Waals surface area contributed by atoms with Crippen molar-refractivity contribution in [1.29, 1.82) is 0 Å². The van der Waals surface area contributed by atoms with Gasteiger partial charge in [-0.25, -0.2) is 4.39 Å². The zero-order valence-corrected chi connectivity index (χ0v) is 14.6. The second kappa shape index (κ2) is 7.27. The van der Waals surface area contributed by atoms with Crippen LogP contribution in [0.15, 0.2) is 24.3 Å². The van der Waals surface area contributed by atoms with Crippen molar-refractivity contribution in [3.05, 3.63) is 52.6 Å². The van der Waals surface area contributed by atoms with Crippen LogP contribution in [0.2, 0.25) is 0 Å². The van der Waals surface area contributed by atoms with Crippen molar-refractivity contribution in [2.75, 3.05) is 18.0 Å². The maximum atomic E-state index is 14.4. The Labute approximate surface area is 146 Å². The molecule has 0 radical (unpaired) electrons. The molecule has 134 valence electrons. The van der Waals surface area contributed by atoms with Crippen molar-refractivity contribution >= 4 is 11.6 Å². The van der Waals surface area contributed by atoms with E-state index in [9.17, 15) is 14.3 Å². The molecule has 0 saturated carbocycles. The molecule has 0 unspecified atom stereocenters. The van der Waals surface area contributed by atoms with E-state index in [2.05, 4.69) is 10.3 Å². The number of carbonyl (C=O) groups excluding carboxylic acids is 1. The first-order valence-corrected chi connectivity index (χ1v) is 8.60. The van der Waals surface area contributed by atoms with Crippen molar-refractivity contribution in [1.82, 2.24) is 10.3 Å². The highest BCUT2D eigenvalue weighted by Crippen LogP contribution is 2.24. The van der Waals surface area contributed by atoms with Gasteiger partial charge in [-0.1, -0.05) is 6.07 Å². The van der Waals surface area contributed by atoms with Gasteiger partial charge in [-0.2, -0.15) is 0 Å². The summed E-state index contributed by atoms with van der Waals surface area (Å²) in [5.41, 5.74) is 3.64. The Hall–Kier alpha value is -2.34. The third kappa shape index (κ3) is 4.02. The van der Waals surface area contributed by atoms with Gasteiger partial charge in [0, 0.05) is 25.3 Å². The number of anilines is 1. The summed E-state index contributed by atoms with van der Waals surface area (Å²) in [4.78, 5) is 17.2. The lowest BCUT2D eigenvalue weighted by Gasteiger charge is -2.31. The molecule has 6 heteroatoms. The summed E-state index contributed by atoms with van der Waals surface area (Å²) in [5, 5.41) is 12.4. The van der Waals surface area contributed by atoms with Gasteiger partial charge in [-0.05, 0) is 56.0 Å². The number of benzene rings is 1. The van der Waals surface area contributed by atoms with Crippen molar-refractivity contribution in [3.8, 4) is 0 Å². The van der Waals surface area contributed by atoms with Crippen LogP contribution in [0.4, 0.5) is 10.1 Å². The number of aryl methyl sites for hydroxylation is 2. The quantitative estimate of drug-likeness (QED) is 0.798. The van der Waals surface area contributed by atoms with Crippen LogP contribution in [-0.2, 0) is 6.54 Å². The van der Waals surface area contributed by atoms with Crippen LogP contribution >= 0.6 is 0 Å². The molecule has 2 aromatic rings. The first-order valence-electron chi connectivity index (χ1n) is 8.60.